The third-order valence-corrected chi connectivity index (χ3v) is 3.07. The first kappa shape index (κ1) is 16.6. The van der Waals surface area contributed by atoms with Gasteiger partial charge in [-0.2, -0.15) is 0 Å². The van der Waals surface area contributed by atoms with Crippen LogP contribution in [0.4, 0.5) is 0 Å². The summed E-state index contributed by atoms with van der Waals surface area (Å²) >= 11 is 0. The molecular weight excluding hydrogens is 280 g/mol. The van der Waals surface area contributed by atoms with Gasteiger partial charge in [0.1, 0.15) is 11.5 Å². The van der Waals surface area contributed by atoms with Gasteiger partial charge in [0.2, 0.25) is 0 Å². The molecule has 1 aromatic carbocycles. The molecule has 1 aliphatic heterocycles. The third kappa shape index (κ3) is 5.27. The van der Waals surface area contributed by atoms with Gasteiger partial charge in [0.25, 0.3) is 5.91 Å². The molecule has 0 bridgehead atoms. The molecule has 2 N–H and O–H groups in total. The highest BCUT2D eigenvalue weighted by Crippen LogP contribution is 2.18. The average molecular weight is 301 g/mol. The number of halogens is 1. The Balaban J connectivity index is 0.00000200. The SMILES string of the molecule is COc1cccc(OCC(=O)NC2CCCNC2)c1.Cl. The number of hydrogen-bond donors (Lipinski definition) is 2. The summed E-state index contributed by atoms with van der Waals surface area (Å²) in [4.78, 5) is 11.7. The topological polar surface area (TPSA) is 59.6 Å². The molecule has 6 heteroatoms. The molecule has 0 spiro atoms. The van der Waals surface area contributed by atoms with Gasteiger partial charge < -0.3 is 20.1 Å². The molecule has 1 aromatic rings. The van der Waals surface area contributed by atoms with Crippen molar-refractivity contribution < 1.29 is 14.3 Å². The normalized spacial score (nSPS) is 17.8. The number of amides is 1. The second kappa shape index (κ2) is 8.66. The van der Waals surface area contributed by atoms with Crippen molar-refractivity contribution in [3.05, 3.63) is 24.3 Å². The molecule has 1 heterocycles. The summed E-state index contributed by atoms with van der Waals surface area (Å²) in [6, 6.07) is 7.45. The molecule has 0 saturated carbocycles. The molecule has 1 amide bonds. The molecule has 1 unspecified atom stereocenters. The zero-order valence-corrected chi connectivity index (χ0v) is 12.4. The van der Waals surface area contributed by atoms with E-state index in [2.05, 4.69) is 10.6 Å². The molecule has 1 atom stereocenters. The predicted octanol–water partition coefficient (Wildman–Crippen LogP) is 1.36. The summed E-state index contributed by atoms with van der Waals surface area (Å²) in [5.41, 5.74) is 0. The summed E-state index contributed by atoms with van der Waals surface area (Å²) in [5.74, 6) is 1.27. The highest BCUT2D eigenvalue weighted by atomic mass is 35.5. The van der Waals surface area contributed by atoms with Crippen molar-refractivity contribution in [2.24, 2.45) is 0 Å². The largest absolute Gasteiger partial charge is 0.497 e. The Hall–Kier alpha value is -1.46. The maximum absolute atomic E-state index is 11.7. The minimum atomic E-state index is -0.0866. The van der Waals surface area contributed by atoms with E-state index >= 15 is 0 Å². The lowest BCUT2D eigenvalue weighted by Crippen LogP contribution is -2.46. The summed E-state index contributed by atoms with van der Waals surface area (Å²) in [5, 5.41) is 6.22. The zero-order chi connectivity index (χ0) is 13.5. The van der Waals surface area contributed by atoms with Gasteiger partial charge in [-0.15, -0.1) is 12.4 Å². The minimum Gasteiger partial charge on any atom is -0.497 e. The molecule has 20 heavy (non-hydrogen) atoms. The Morgan fingerprint density at radius 2 is 2.25 bits per heavy atom. The van der Waals surface area contributed by atoms with Crippen molar-refractivity contribution in [3.63, 3.8) is 0 Å². The van der Waals surface area contributed by atoms with Gasteiger partial charge >= 0.3 is 0 Å². The number of ether oxygens (including phenoxy) is 2. The van der Waals surface area contributed by atoms with Crippen LogP contribution in [0.25, 0.3) is 0 Å². The van der Waals surface area contributed by atoms with Crippen molar-refractivity contribution in [1.82, 2.24) is 10.6 Å². The fraction of sp³-hybridized carbons (Fsp3) is 0.500. The van der Waals surface area contributed by atoms with Crippen LogP contribution in [0, 0.1) is 0 Å². The molecule has 0 aromatic heterocycles. The van der Waals surface area contributed by atoms with Crippen LogP contribution in [0.5, 0.6) is 11.5 Å². The fourth-order valence-corrected chi connectivity index (χ4v) is 2.08. The van der Waals surface area contributed by atoms with Crippen molar-refractivity contribution in [1.29, 1.82) is 0 Å². The Morgan fingerprint density at radius 3 is 2.95 bits per heavy atom. The predicted molar refractivity (Wildman–Crippen MR) is 79.8 cm³/mol. The number of rotatable bonds is 5. The third-order valence-electron chi connectivity index (χ3n) is 3.07. The van der Waals surface area contributed by atoms with Crippen LogP contribution >= 0.6 is 12.4 Å². The smallest absolute Gasteiger partial charge is 0.258 e. The Bertz CT molecular complexity index is 423. The summed E-state index contributed by atoms with van der Waals surface area (Å²) in [7, 11) is 1.60. The van der Waals surface area contributed by atoms with Crippen LogP contribution in [0.3, 0.4) is 0 Å². The van der Waals surface area contributed by atoms with Gasteiger partial charge in [-0.3, -0.25) is 4.79 Å². The van der Waals surface area contributed by atoms with Crippen molar-refractivity contribution in [2.45, 2.75) is 18.9 Å². The standard InChI is InChI=1S/C14H20N2O3.ClH/c1-18-12-5-2-6-13(8-12)19-10-14(17)16-11-4-3-7-15-9-11;/h2,5-6,8,11,15H,3-4,7,9-10H2,1H3,(H,16,17);1H. The van der Waals surface area contributed by atoms with Gasteiger partial charge in [0.15, 0.2) is 6.61 Å². The van der Waals surface area contributed by atoms with Gasteiger partial charge in [0, 0.05) is 18.7 Å². The first-order chi connectivity index (χ1) is 9.28. The molecule has 5 nitrogen and oxygen atoms in total. The molecule has 0 radical (unpaired) electrons. The van der Waals surface area contributed by atoms with Crippen LogP contribution in [0.1, 0.15) is 12.8 Å². The van der Waals surface area contributed by atoms with Crippen LogP contribution in [0.15, 0.2) is 24.3 Å². The maximum atomic E-state index is 11.7. The Morgan fingerprint density at radius 1 is 1.45 bits per heavy atom. The zero-order valence-electron chi connectivity index (χ0n) is 11.6. The Labute approximate surface area is 125 Å². The molecule has 2 rings (SSSR count). The highest BCUT2D eigenvalue weighted by Gasteiger charge is 2.15. The van der Waals surface area contributed by atoms with E-state index in [1.54, 1.807) is 19.2 Å². The van der Waals surface area contributed by atoms with Crippen LogP contribution in [-0.2, 0) is 4.79 Å². The molecule has 1 fully saturated rings. The lowest BCUT2D eigenvalue weighted by atomic mass is 10.1. The van der Waals surface area contributed by atoms with Gasteiger partial charge in [-0.25, -0.2) is 0 Å². The second-order valence-corrected chi connectivity index (χ2v) is 4.58. The summed E-state index contributed by atoms with van der Waals surface area (Å²) in [6.07, 6.45) is 2.12. The lowest BCUT2D eigenvalue weighted by molar-refractivity contribution is -0.123. The molecule has 1 aliphatic rings. The van der Waals surface area contributed by atoms with Gasteiger partial charge in [-0.05, 0) is 31.5 Å². The number of hydrogen-bond acceptors (Lipinski definition) is 4. The summed E-state index contributed by atoms with van der Waals surface area (Å²) < 4.78 is 10.5. The monoisotopic (exact) mass is 300 g/mol. The number of benzene rings is 1. The number of carbonyl (C=O) groups excluding carboxylic acids is 1. The van der Waals surface area contributed by atoms with E-state index in [1.807, 2.05) is 12.1 Å². The number of methoxy groups -OCH3 is 1. The van der Waals surface area contributed by atoms with Gasteiger partial charge in [0.05, 0.1) is 7.11 Å². The quantitative estimate of drug-likeness (QED) is 0.862. The molecular formula is C14H21ClN2O3. The first-order valence-electron chi connectivity index (χ1n) is 6.55. The number of nitrogens with one attached hydrogen (secondary N) is 2. The molecule has 0 aliphatic carbocycles. The summed E-state index contributed by atoms with van der Waals surface area (Å²) in [6.45, 7) is 1.90. The van der Waals surface area contributed by atoms with Crippen LogP contribution in [-0.4, -0.2) is 38.8 Å². The van der Waals surface area contributed by atoms with E-state index in [9.17, 15) is 4.79 Å². The minimum absolute atomic E-state index is 0. The van der Waals surface area contributed by atoms with Crippen LogP contribution < -0.4 is 20.1 Å². The van der Waals surface area contributed by atoms with E-state index in [0.29, 0.717) is 5.75 Å². The van der Waals surface area contributed by atoms with Crippen molar-refractivity contribution in [2.75, 3.05) is 26.8 Å². The van der Waals surface area contributed by atoms with E-state index in [1.165, 1.54) is 0 Å². The van der Waals surface area contributed by atoms with E-state index in [4.69, 9.17) is 9.47 Å². The van der Waals surface area contributed by atoms with E-state index in [0.717, 1.165) is 31.7 Å². The van der Waals surface area contributed by atoms with Gasteiger partial charge in [-0.1, -0.05) is 6.07 Å². The number of carbonyl (C=O) groups is 1. The number of piperidine rings is 1. The maximum Gasteiger partial charge on any atom is 0.258 e. The lowest BCUT2D eigenvalue weighted by Gasteiger charge is -2.23. The Kier molecular flexibility index (Phi) is 7.18. The molecule has 112 valence electrons. The van der Waals surface area contributed by atoms with Crippen LogP contribution in [0.2, 0.25) is 0 Å². The van der Waals surface area contributed by atoms with Crippen molar-refractivity contribution in [3.8, 4) is 11.5 Å². The average Bonchev–Trinajstić information content (AvgIpc) is 2.46. The van der Waals surface area contributed by atoms with E-state index in [-0.39, 0.29) is 31.0 Å². The van der Waals surface area contributed by atoms with E-state index < -0.39 is 0 Å². The van der Waals surface area contributed by atoms with Crippen molar-refractivity contribution >= 4 is 18.3 Å². The second-order valence-electron chi connectivity index (χ2n) is 4.58. The molecule has 1 saturated heterocycles. The highest BCUT2D eigenvalue weighted by molar-refractivity contribution is 5.85. The fourth-order valence-electron chi connectivity index (χ4n) is 2.08. The first-order valence-corrected chi connectivity index (χ1v) is 6.55.